The van der Waals surface area contributed by atoms with Gasteiger partial charge in [-0.15, -0.1) is 0 Å². The first-order valence-corrected chi connectivity index (χ1v) is 15.6. The molecule has 4 bridgehead atoms. The third-order valence-electron chi connectivity index (χ3n) is 10.2. The molecule has 7 unspecified atom stereocenters. The topological polar surface area (TPSA) is 26.3 Å². The predicted molar refractivity (Wildman–Crippen MR) is 159 cm³/mol. The number of fused-ring (bicyclic) bond motifs is 10. The second-order valence-corrected chi connectivity index (χ2v) is 12.6. The molecule has 4 aliphatic carbocycles. The Hall–Kier alpha value is -2.35. The molecule has 4 aliphatic rings. The second-order valence-electron chi connectivity index (χ2n) is 12.6. The van der Waals surface area contributed by atoms with E-state index in [9.17, 15) is 4.79 Å². The van der Waals surface area contributed by atoms with Crippen molar-refractivity contribution in [3.63, 3.8) is 0 Å². The number of carbonyl (C=O) groups is 1. The van der Waals surface area contributed by atoms with Crippen LogP contribution in [0.1, 0.15) is 91.4 Å². The van der Waals surface area contributed by atoms with E-state index in [0.29, 0.717) is 23.5 Å². The molecule has 0 N–H and O–H groups in total. The number of hydrogen-bond donors (Lipinski definition) is 0. The lowest BCUT2D eigenvalue weighted by Gasteiger charge is -2.41. The molecule has 0 spiro atoms. The van der Waals surface area contributed by atoms with E-state index in [-0.39, 0.29) is 11.4 Å². The zero-order valence-electron chi connectivity index (χ0n) is 23.9. The van der Waals surface area contributed by atoms with Crippen molar-refractivity contribution in [1.29, 1.82) is 0 Å². The lowest BCUT2D eigenvalue weighted by atomic mass is 9.63. The average molecular weight is 513 g/mol. The summed E-state index contributed by atoms with van der Waals surface area (Å²) in [7, 11) is 0. The first kappa shape index (κ1) is 27.2. The van der Waals surface area contributed by atoms with Crippen LogP contribution in [0.15, 0.2) is 66.8 Å². The Balaban J connectivity index is 0.000000210. The van der Waals surface area contributed by atoms with Crippen LogP contribution < -0.4 is 4.74 Å². The van der Waals surface area contributed by atoms with Crippen LogP contribution in [0, 0.1) is 40.9 Å². The fourth-order valence-electron chi connectivity index (χ4n) is 8.43. The summed E-state index contributed by atoms with van der Waals surface area (Å²) in [6.07, 6.45) is 24.0. The number of rotatable bonds is 10. The van der Waals surface area contributed by atoms with Gasteiger partial charge >= 0.3 is 5.97 Å². The van der Waals surface area contributed by atoms with Crippen molar-refractivity contribution in [3.8, 4) is 5.75 Å². The van der Waals surface area contributed by atoms with Crippen LogP contribution in [0.4, 0.5) is 0 Å². The third kappa shape index (κ3) is 5.38. The molecule has 0 amide bonds. The van der Waals surface area contributed by atoms with E-state index < -0.39 is 0 Å². The Morgan fingerprint density at radius 3 is 2.45 bits per heavy atom. The summed E-state index contributed by atoms with van der Waals surface area (Å²) in [6, 6.07) is 14.1. The molecule has 2 aromatic carbocycles. The van der Waals surface area contributed by atoms with Crippen molar-refractivity contribution in [1.82, 2.24) is 0 Å². The number of allylic oxidation sites excluding steroid dienone is 4. The van der Waals surface area contributed by atoms with Crippen LogP contribution in [0.5, 0.6) is 5.75 Å². The van der Waals surface area contributed by atoms with Crippen LogP contribution in [-0.2, 0) is 4.79 Å². The molecule has 3 saturated carbocycles. The summed E-state index contributed by atoms with van der Waals surface area (Å²) < 4.78 is 6.04. The molecule has 2 heteroatoms. The maximum atomic E-state index is 13.3. The van der Waals surface area contributed by atoms with Crippen LogP contribution >= 0.6 is 0 Å². The molecule has 0 saturated heterocycles. The molecule has 0 aromatic heterocycles. The van der Waals surface area contributed by atoms with E-state index in [4.69, 9.17) is 4.74 Å². The van der Waals surface area contributed by atoms with Crippen LogP contribution in [-0.4, -0.2) is 5.97 Å². The van der Waals surface area contributed by atoms with Crippen LogP contribution in [0.25, 0.3) is 10.8 Å². The highest BCUT2D eigenvalue weighted by molar-refractivity contribution is 5.91. The van der Waals surface area contributed by atoms with Crippen LogP contribution in [0.3, 0.4) is 0 Å². The van der Waals surface area contributed by atoms with Crippen molar-refractivity contribution in [3.05, 3.63) is 66.8 Å². The minimum atomic E-state index is -0.318. The van der Waals surface area contributed by atoms with E-state index in [0.717, 1.165) is 34.9 Å². The molecule has 7 atom stereocenters. The zero-order valence-corrected chi connectivity index (χ0v) is 23.9. The molecular formula is C36H48O2. The van der Waals surface area contributed by atoms with Crippen molar-refractivity contribution in [2.45, 2.75) is 91.4 Å². The first-order valence-electron chi connectivity index (χ1n) is 15.6. The molecule has 0 aliphatic heterocycles. The second kappa shape index (κ2) is 12.2. The zero-order chi connectivity index (χ0) is 26.5. The molecule has 0 radical (unpaired) electrons. The van der Waals surface area contributed by atoms with Gasteiger partial charge in [0.1, 0.15) is 5.75 Å². The first-order chi connectivity index (χ1) is 18.6. The smallest absolute Gasteiger partial charge is 0.317 e. The van der Waals surface area contributed by atoms with E-state index in [1.807, 2.05) is 30.3 Å². The van der Waals surface area contributed by atoms with Gasteiger partial charge in [0.2, 0.25) is 0 Å². The Morgan fingerprint density at radius 2 is 1.63 bits per heavy atom. The fourth-order valence-corrected chi connectivity index (χ4v) is 8.43. The van der Waals surface area contributed by atoms with Crippen molar-refractivity contribution in [2.24, 2.45) is 40.9 Å². The molecule has 2 nitrogen and oxygen atoms in total. The van der Waals surface area contributed by atoms with Gasteiger partial charge in [-0.2, -0.15) is 0 Å². The number of ether oxygens (including phenoxy) is 1. The van der Waals surface area contributed by atoms with Gasteiger partial charge in [0, 0.05) is 5.39 Å². The monoisotopic (exact) mass is 512 g/mol. The van der Waals surface area contributed by atoms with Crippen molar-refractivity contribution >= 4 is 16.7 Å². The number of hydrogen-bond acceptors (Lipinski definition) is 2. The number of carbonyl (C=O) groups excluding carboxylic acids is 1. The quantitative estimate of drug-likeness (QED) is 0.104. The highest BCUT2D eigenvalue weighted by Gasteiger charge is 2.67. The summed E-state index contributed by atoms with van der Waals surface area (Å²) in [6.45, 7) is 6.64. The van der Waals surface area contributed by atoms with Gasteiger partial charge in [-0.25, -0.2) is 0 Å². The van der Waals surface area contributed by atoms with E-state index >= 15 is 0 Å². The Bertz CT molecular complexity index is 1140. The highest BCUT2D eigenvalue weighted by Crippen LogP contribution is 2.70. The standard InChI is InChI=1S/C24H24O2.C12H24/c1-24(13-17-12-19(24)22-16-10-9-15(11-16)21(17)22)23(25)26-20-8-4-6-14-5-2-3-7-18(14)20;1-3-5-7-9-11-12-10-8-6-4-2/h2-10,15-17,19,21-22H,11-13H2,1H3;5,7H,3-4,6,8-12H2,1-2H3. The molecular weight excluding hydrogens is 464 g/mol. The van der Waals surface area contributed by atoms with E-state index in [1.54, 1.807) is 0 Å². The Kier molecular flexibility index (Phi) is 8.76. The van der Waals surface area contributed by atoms with Gasteiger partial charge in [-0.1, -0.05) is 107 Å². The lowest BCUT2D eigenvalue weighted by molar-refractivity contribution is -0.150. The maximum Gasteiger partial charge on any atom is 0.317 e. The summed E-state index contributed by atoms with van der Waals surface area (Å²) in [5.74, 6) is 4.98. The SMILES string of the molecule is CC1(C(=O)Oc2cccc3ccccc23)CC2CC1C1C3C=CC(C3)C21.CCC=CCCCCCCCC. The number of esters is 1. The fraction of sp³-hybridized carbons (Fsp3) is 0.583. The van der Waals surface area contributed by atoms with Gasteiger partial charge in [0.05, 0.1) is 5.41 Å². The maximum absolute atomic E-state index is 13.3. The molecule has 204 valence electrons. The highest BCUT2D eigenvalue weighted by atomic mass is 16.5. The molecule has 3 fully saturated rings. The summed E-state index contributed by atoms with van der Waals surface area (Å²) in [5.41, 5.74) is -0.318. The normalized spacial score (nSPS) is 32.1. The molecule has 38 heavy (non-hydrogen) atoms. The van der Waals surface area contributed by atoms with Crippen molar-refractivity contribution < 1.29 is 9.53 Å². The van der Waals surface area contributed by atoms with Gasteiger partial charge in [-0.3, -0.25) is 4.79 Å². The average Bonchev–Trinajstić information content (AvgIpc) is 3.71. The van der Waals surface area contributed by atoms with Crippen molar-refractivity contribution in [2.75, 3.05) is 0 Å². The molecule has 2 aromatic rings. The molecule has 0 heterocycles. The van der Waals surface area contributed by atoms with E-state index in [2.05, 4.69) is 57.2 Å². The predicted octanol–water partition coefficient (Wildman–Crippen LogP) is 9.93. The number of benzene rings is 2. The van der Waals surface area contributed by atoms with Gasteiger partial charge in [-0.05, 0) is 92.4 Å². The summed E-state index contributed by atoms with van der Waals surface area (Å²) >= 11 is 0. The van der Waals surface area contributed by atoms with Crippen LogP contribution in [0.2, 0.25) is 0 Å². The largest absolute Gasteiger partial charge is 0.425 e. The van der Waals surface area contributed by atoms with Gasteiger partial charge in [0.15, 0.2) is 0 Å². The third-order valence-corrected chi connectivity index (χ3v) is 10.2. The van der Waals surface area contributed by atoms with Gasteiger partial charge in [0.25, 0.3) is 0 Å². The Morgan fingerprint density at radius 1 is 0.895 bits per heavy atom. The minimum absolute atomic E-state index is 0.00782. The lowest BCUT2D eigenvalue weighted by Crippen LogP contribution is -2.44. The molecule has 6 rings (SSSR count). The number of unbranched alkanes of at least 4 members (excludes halogenated alkanes) is 6. The minimum Gasteiger partial charge on any atom is -0.425 e. The van der Waals surface area contributed by atoms with Gasteiger partial charge < -0.3 is 4.74 Å². The Labute approximate surface area is 230 Å². The summed E-state index contributed by atoms with van der Waals surface area (Å²) in [4.78, 5) is 13.3. The summed E-state index contributed by atoms with van der Waals surface area (Å²) in [5, 5.41) is 2.14. The van der Waals surface area contributed by atoms with E-state index in [1.165, 1.54) is 64.2 Å².